The molecule has 1 fully saturated rings. The summed E-state index contributed by atoms with van der Waals surface area (Å²) in [5.41, 5.74) is 3.13. The molecule has 1 aliphatic rings. The summed E-state index contributed by atoms with van der Waals surface area (Å²) >= 11 is 0. The van der Waals surface area contributed by atoms with Crippen molar-refractivity contribution in [1.29, 1.82) is 0 Å². The smallest absolute Gasteiger partial charge is 0.227 e. The van der Waals surface area contributed by atoms with Crippen LogP contribution in [0.25, 0.3) is 0 Å². The first-order valence-corrected chi connectivity index (χ1v) is 8.48. The minimum Gasteiger partial charge on any atom is -0.369 e. The van der Waals surface area contributed by atoms with Gasteiger partial charge in [0.1, 0.15) is 6.10 Å². The summed E-state index contributed by atoms with van der Waals surface area (Å²) in [4.78, 5) is 14.9. The minimum atomic E-state index is -0.285. The summed E-state index contributed by atoms with van der Waals surface area (Å²) < 4.78 is 6.06. The average Bonchev–Trinajstić information content (AvgIpc) is 2.56. The molecule has 1 saturated heterocycles. The molecule has 1 aliphatic heterocycles. The monoisotopic (exact) mass is 323 g/mol. The summed E-state index contributed by atoms with van der Waals surface area (Å²) in [5, 5.41) is 0. The molecule has 0 aromatic heterocycles. The van der Waals surface area contributed by atoms with E-state index in [4.69, 9.17) is 4.74 Å². The Balaban J connectivity index is 1.76. The van der Waals surface area contributed by atoms with Gasteiger partial charge in [-0.1, -0.05) is 60.2 Å². The Morgan fingerprint density at radius 3 is 2.46 bits per heavy atom. The molecule has 0 N–H and O–H groups in total. The third kappa shape index (κ3) is 3.68. The molecule has 0 bridgehead atoms. The van der Waals surface area contributed by atoms with Crippen molar-refractivity contribution in [3.05, 3.63) is 71.3 Å². The summed E-state index contributed by atoms with van der Waals surface area (Å²) in [6, 6.07) is 18.3. The van der Waals surface area contributed by atoms with Crippen LogP contribution in [0.1, 0.15) is 36.6 Å². The Hall–Kier alpha value is -2.13. The maximum absolute atomic E-state index is 12.9. The molecule has 2 aromatic carbocycles. The van der Waals surface area contributed by atoms with Crippen LogP contribution in [0, 0.1) is 6.92 Å². The molecular weight excluding hydrogens is 298 g/mol. The Morgan fingerprint density at radius 2 is 1.79 bits per heavy atom. The zero-order chi connectivity index (χ0) is 17.2. The number of ether oxygens (including phenoxy) is 1. The van der Waals surface area contributed by atoms with Crippen LogP contribution in [-0.4, -0.2) is 29.5 Å². The number of benzene rings is 2. The number of amides is 1. The third-order valence-corrected chi connectivity index (χ3v) is 4.67. The number of carbonyl (C=O) groups is 1. The lowest BCUT2D eigenvalue weighted by molar-refractivity contribution is -0.154. The number of rotatable bonds is 3. The molecule has 2 aromatic rings. The zero-order valence-electron chi connectivity index (χ0n) is 14.7. The first-order valence-electron chi connectivity index (χ1n) is 8.48. The molecule has 3 heteroatoms. The number of aryl methyl sites for hydroxylation is 1. The van der Waals surface area contributed by atoms with E-state index >= 15 is 0 Å². The van der Waals surface area contributed by atoms with Crippen molar-refractivity contribution in [3.8, 4) is 0 Å². The summed E-state index contributed by atoms with van der Waals surface area (Å²) in [7, 11) is 0. The first-order chi connectivity index (χ1) is 11.5. The van der Waals surface area contributed by atoms with Crippen molar-refractivity contribution in [2.24, 2.45) is 0 Å². The fraction of sp³-hybridized carbons (Fsp3) is 0.381. The van der Waals surface area contributed by atoms with Crippen LogP contribution < -0.4 is 0 Å². The van der Waals surface area contributed by atoms with Gasteiger partial charge in [-0.3, -0.25) is 4.79 Å². The van der Waals surface area contributed by atoms with Gasteiger partial charge in [0.2, 0.25) is 5.91 Å². The predicted molar refractivity (Wildman–Crippen MR) is 95.8 cm³/mol. The van der Waals surface area contributed by atoms with E-state index in [1.807, 2.05) is 35.2 Å². The van der Waals surface area contributed by atoms with E-state index in [-0.39, 0.29) is 17.6 Å². The van der Waals surface area contributed by atoms with Crippen molar-refractivity contribution >= 4 is 5.91 Å². The third-order valence-electron chi connectivity index (χ3n) is 4.67. The molecule has 1 heterocycles. The van der Waals surface area contributed by atoms with Gasteiger partial charge in [-0.25, -0.2) is 0 Å². The van der Waals surface area contributed by atoms with Crippen molar-refractivity contribution in [1.82, 2.24) is 4.90 Å². The average molecular weight is 323 g/mol. The molecule has 1 atom stereocenters. The van der Waals surface area contributed by atoms with E-state index in [1.165, 1.54) is 5.56 Å². The van der Waals surface area contributed by atoms with Crippen LogP contribution in [-0.2, 0) is 16.0 Å². The number of hydrogen-bond donors (Lipinski definition) is 0. The first kappa shape index (κ1) is 16.7. The Morgan fingerprint density at radius 1 is 1.12 bits per heavy atom. The number of morpholine rings is 1. The van der Waals surface area contributed by atoms with Gasteiger partial charge in [0.25, 0.3) is 0 Å². The summed E-state index contributed by atoms with van der Waals surface area (Å²) in [5.74, 6) is 0.159. The van der Waals surface area contributed by atoms with E-state index in [2.05, 4.69) is 45.0 Å². The van der Waals surface area contributed by atoms with Gasteiger partial charge < -0.3 is 9.64 Å². The van der Waals surface area contributed by atoms with Crippen LogP contribution >= 0.6 is 0 Å². The molecule has 1 amide bonds. The minimum absolute atomic E-state index is 0.0571. The molecule has 0 saturated carbocycles. The Bertz CT molecular complexity index is 692. The topological polar surface area (TPSA) is 29.5 Å². The van der Waals surface area contributed by atoms with Gasteiger partial charge in [0.15, 0.2) is 0 Å². The molecule has 0 aliphatic carbocycles. The van der Waals surface area contributed by atoms with Gasteiger partial charge in [0.05, 0.1) is 25.1 Å². The van der Waals surface area contributed by atoms with E-state index in [0.29, 0.717) is 19.6 Å². The quantitative estimate of drug-likeness (QED) is 0.857. The summed E-state index contributed by atoms with van der Waals surface area (Å²) in [6.07, 6.45) is 0.378. The van der Waals surface area contributed by atoms with Crippen LogP contribution in [0.4, 0.5) is 0 Å². The number of carbonyl (C=O) groups excluding carboxylic acids is 1. The highest BCUT2D eigenvalue weighted by Gasteiger charge is 2.38. The lowest BCUT2D eigenvalue weighted by Crippen LogP contribution is -2.56. The highest BCUT2D eigenvalue weighted by atomic mass is 16.5. The second-order valence-corrected chi connectivity index (χ2v) is 7.19. The van der Waals surface area contributed by atoms with Crippen molar-refractivity contribution in [3.63, 3.8) is 0 Å². The molecule has 0 spiro atoms. The van der Waals surface area contributed by atoms with Crippen LogP contribution in [0.5, 0.6) is 0 Å². The predicted octanol–water partition coefficient (Wildman–Crippen LogP) is 3.92. The molecule has 0 radical (unpaired) electrons. The standard InChI is InChI=1S/C21H25NO2/c1-16-9-11-18(12-10-16)19-14-22(21(2,3)15-24-19)20(23)13-17-7-5-4-6-8-17/h4-12,19H,13-15H2,1-3H3. The second kappa shape index (κ2) is 6.78. The highest BCUT2D eigenvalue weighted by molar-refractivity contribution is 5.79. The van der Waals surface area contributed by atoms with Gasteiger partial charge in [-0.15, -0.1) is 0 Å². The maximum Gasteiger partial charge on any atom is 0.227 e. The zero-order valence-corrected chi connectivity index (χ0v) is 14.7. The van der Waals surface area contributed by atoms with Gasteiger partial charge in [0, 0.05) is 0 Å². The SMILES string of the molecule is Cc1ccc(C2CN(C(=O)Cc3ccccc3)C(C)(C)CO2)cc1. The van der Waals surface area contributed by atoms with Gasteiger partial charge in [-0.2, -0.15) is 0 Å². The highest BCUT2D eigenvalue weighted by Crippen LogP contribution is 2.31. The fourth-order valence-corrected chi connectivity index (χ4v) is 3.14. The van der Waals surface area contributed by atoms with Crippen molar-refractivity contribution < 1.29 is 9.53 Å². The molecule has 3 rings (SSSR count). The normalized spacial score (nSPS) is 20.0. The molecular formula is C21H25NO2. The van der Waals surface area contributed by atoms with E-state index in [1.54, 1.807) is 0 Å². The number of nitrogens with zero attached hydrogens (tertiary/aromatic N) is 1. The fourth-order valence-electron chi connectivity index (χ4n) is 3.14. The molecule has 126 valence electrons. The van der Waals surface area contributed by atoms with E-state index in [0.717, 1.165) is 11.1 Å². The molecule has 1 unspecified atom stereocenters. The van der Waals surface area contributed by atoms with Crippen molar-refractivity contribution in [2.75, 3.05) is 13.2 Å². The molecule has 3 nitrogen and oxygen atoms in total. The van der Waals surface area contributed by atoms with Crippen LogP contribution in [0.2, 0.25) is 0 Å². The van der Waals surface area contributed by atoms with Crippen LogP contribution in [0.3, 0.4) is 0 Å². The lowest BCUT2D eigenvalue weighted by atomic mass is 9.96. The van der Waals surface area contributed by atoms with Gasteiger partial charge >= 0.3 is 0 Å². The molecule has 24 heavy (non-hydrogen) atoms. The lowest BCUT2D eigenvalue weighted by Gasteiger charge is -2.45. The number of hydrogen-bond acceptors (Lipinski definition) is 2. The van der Waals surface area contributed by atoms with E-state index < -0.39 is 0 Å². The van der Waals surface area contributed by atoms with E-state index in [9.17, 15) is 4.79 Å². The Labute approximate surface area is 144 Å². The van der Waals surface area contributed by atoms with Gasteiger partial charge in [-0.05, 0) is 31.9 Å². The Kier molecular flexibility index (Phi) is 4.72. The maximum atomic E-state index is 12.9. The second-order valence-electron chi connectivity index (χ2n) is 7.19. The van der Waals surface area contributed by atoms with Crippen LogP contribution in [0.15, 0.2) is 54.6 Å². The summed E-state index contributed by atoms with van der Waals surface area (Å²) in [6.45, 7) is 7.36. The largest absolute Gasteiger partial charge is 0.369 e. The van der Waals surface area contributed by atoms with Crippen molar-refractivity contribution in [2.45, 2.75) is 38.8 Å².